The predicted octanol–water partition coefficient (Wildman–Crippen LogP) is 4.42. The minimum absolute atomic E-state index is 0.391. The van der Waals surface area contributed by atoms with Gasteiger partial charge in [-0.1, -0.05) is 17.8 Å². The number of anilines is 1. The highest BCUT2D eigenvalue weighted by Gasteiger charge is 2.29. The molecule has 168 valence electrons. The number of aryl methyl sites for hydroxylation is 1. The number of methoxy groups -OCH3 is 1. The summed E-state index contributed by atoms with van der Waals surface area (Å²) < 4.78 is 4.66. The SMILES string of the molecule is CC/N=C(/c1ccc(C#N)cc1)N1CCCc2cc(C3=NN(C(=O)OC)C(=O)SC3)ccc21. The number of ether oxygens (including phenoxy) is 1. The zero-order chi connectivity index (χ0) is 23.4. The number of amidine groups is 1. The molecule has 0 saturated carbocycles. The maximum absolute atomic E-state index is 12.0. The number of benzene rings is 2. The summed E-state index contributed by atoms with van der Waals surface area (Å²) >= 11 is 1.03. The van der Waals surface area contributed by atoms with Crippen molar-refractivity contribution in [1.29, 1.82) is 5.26 Å². The average Bonchev–Trinajstić information content (AvgIpc) is 2.86. The molecule has 2 aliphatic rings. The summed E-state index contributed by atoms with van der Waals surface area (Å²) in [5.74, 6) is 1.27. The van der Waals surface area contributed by atoms with Crippen LogP contribution in [0.3, 0.4) is 0 Å². The molecule has 0 aliphatic carbocycles. The highest BCUT2D eigenvalue weighted by atomic mass is 32.2. The molecular weight excluding hydrogens is 438 g/mol. The first-order chi connectivity index (χ1) is 16.0. The molecule has 0 atom stereocenters. The largest absolute Gasteiger partial charge is 0.451 e. The maximum Gasteiger partial charge on any atom is 0.438 e. The number of hydrogen-bond acceptors (Lipinski definition) is 7. The van der Waals surface area contributed by atoms with E-state index < -0.39 is 11.3 Å². The summed E-state index contributed by atoms with van der Waals surface area (Å²) in [5, 5.41) is 13.7. The minimum atomic E-state index is -0.795. The van der Waals surface area contributed by atoms with Gasteiger partial charge in [-0.25, -0.2) is 4.79 Å². The molecule has 2 aromatic rings. The van der Waals surface area contributed by atoms with Crippen LogP contribution in [0.25, 0.3) is 0 Å². The van der Waals surface area contributed by atoms with Crippen LogP contribution in [0.4, 0.5) is 15.3 Å². The van der Waals surface area contributed by atoms with Crippen molar-refractivity contribution in [2.45, 2.75) is 19.8 Å². The van der Waals surface area contributed by atoms with E-state index in [1.54, 1.807) is 0 Å². The smallest absolute Gasteiger partial charge is 0.438 e. The van der Waals surface area contributed by atoms with Crippen LogP contribution in [-0.4, -0.2) is 53.8 Å². The van der Waals surface area contributed by atoms with E-state index in [0.717, 1.165) is 64.4 Å². The van der Waals surface area contributed by atoms with Gasteiger partial charge in [-0.2, -0.15) is 10.4 Å². The number of imide groups is 1. The third-order valence-corrected chi connectivity index (χ3v) is 6.28. The number of fused-ring (bicyclic) bond motifs is 1. The van der Waals surface area contributed by atoms with E-state index in [1.165, 1.54) is 7.11 Å². The highest BCUT2D eigenvalue weighted by Crippen LogP contribution is 2.31. The second kappa shape index (κ2) is 9.88. The molecule has 2 aliphatic heterocycles. The maximum atomic E-state index is 12.0. The van der Waals surface area contributed by atoms with Crippen molar-refractivity contribution in [3.05, 3.63) is 64.7 Å². The Morgan fingerprint density at radius 2 is 2.06 bits per heavy atom. The van der Waals surface area contributed by atoms with Gasteiger partial charge < -0.3 is 9.64 Å². The summed E-state index contributed by atoms with van der Waals surface area (Å²) in [6.07, 6.45) is 1.08. The molecule has 9 heteroatoms. The number of nitriles is 1. The third kappa shape index (κ3) is 4.61. The fourth-order valence-electron chi connectivity index (χ4n) is 3.90. The van der Waals surface area contributed by atoms with Crippen LogP contribution in [0.5, 0.6) is 0 Å². The highest BCUT2D eigenvalue weighted by molar-refractivity contribution is 8.14. The van der Waals surface area contributed by atoms with Gasteiger partial charge in [0.2, 0.25) is 0 Å². The first-order valence-corrected chi connectivity index (χ1v) is 11.6. The molecule has 2 amide bonds. The molecule has 4 rings (SSSR count). The number of hydrazone groups is 1. The van der Waals surface area contributed by atoms with Crippen LogP contribution in [-0.2, 0) is 11.2 Å². The van der Waals surface area contributed by atoms with Gasteiger partial charge in [0.1, 0.15) is 5.84 Å². The Kier molecular flexibility index (Phi) is 6.75. The fraction of sp³-hybridized carbons (Fsp3) is 0.292. The van der Waals surface area contributed by atoms with Crippen molar-refractivity contribution in [1.82, 2.24) is 5.01 Å². The molecule has 0 radical (unpaired) electrons. The standard InChI is InChI=1S/C24H23N5O3S/c1-3-26-22(17-8-6-16(14-25)7-9-17)28-12-4-5-19-13-18(10-11-21(19)28)20-15-33-24(31)29(27-20)23(30)32-2/h6-11,13H,3-5,12,15H2,1-2H3/b26-22-. The summed E-state index contributed by atoms with van der Waals surface area (Å²) in [6.45, 7) is 3.49. The van der Waals surface area contributed by atoms with Crippen molar-refractivity contribution in [3.63, 3.8) is 0 Å². The van der Waals surface area contributed by atoms with Crippen molar-refractivity contribution in [2.75, 3.05) is 30.9 Å². The van der Waals surface area contributed by atoms with Gasteiger partial charge in [0, 0.05) is 30.1 Å². The number of amides is 2. The molecule has 0 saturated heterocycles. The van der Waals surface area contributed by atoms with Crippen molar-refractivity contribution in [3.8, 4) is 6.07 Å². The number of rotatable bonds is 3. The van der Waals surface area contributed by atoms with E-state index in [4.69, 9.17) is 10.3 Å². The molecule has 0 unspecified atom stereocenters. The van der Waals surface area contributed by atoms with Crippen LogP contribution in [0.1, 0.15) is 35.6 Å². The Morgan fingerprint density at radius 3 is 2.76 bits per heavy atom. The summed E-state index contributed by atoms with van der Waals surface area (Å²) in [6, 6.07) is 15.7. The predicted molar refractivity (Wildman–Crippen MR) is 129 cm³/mol. The third-order valence-electron chi connectivity index (χ3n) is 5.44. The summed E-state index contributed by atoms with van der Waals surface area (Å²) in [5.41, 5.74) is 5.34. The van der Waals surface area contributed by atoms with Gasteiger partial charge >= 0.3 is 11.3 Å². The molecule has 0 aromatic heterocycles. The number of aliphatic imine (C=N–C) groups is 1. The normalized spacial score (nSPS) is 16.1. The molecule has 0 fully saturated rings. The van der Waals surface area contributed by atoms with Gasteiger partial charge in [0.15, 0.2) is 0 Å². The Labute approximate surface area is 196 Å². The van der Waals surface area contributed by atoms with Gasteiger partial charge in [-0.05, 0) is 67.3 Å². The lowest BCUT2D eigenvalue weighted by Crippen LogP contribution is -2.37. The number of hydrogen-bond donors (Lipinski definition) is 0. The Bertz CT molecular complexity index is 1180. The minimum Gasteiger partial charge on any atom is -0.451 e. The van der Waals surface area contributed by atoms with Crippen LogP contribution in [0.15, 0.2) is 52.6 Å². The van der Waals surface area contributed by atoms with Gasteiger partial charge in [-0.3, -0.25) is 9.79 Å². The van der Waals surface area contributed by atoms with E-state index >= 15 is 0 Å². The average molecular weight is 462 g/mol. The van der Waals surface area contributed by atoms with Crippen molar-refractivity contribution >= 4 is 40.3 Å². The number of carbonyl (C=O) groups excluding carboxylic acids is 2. The van der Waals surface area contributed by atoms with Crippen molar-refractivity contribution < 1.29 is 14.3 Å². The summed E-state index contributed by atoms with van der Waals surface area (Å²) in [4.78, 5) is 30.9. The van der Waals surface area contributed by atoms with Crippen LogP contribution in [0.2, 0.25) is 0 Å². The monoisotopic (exact) mass is 461 g/mol. The second-order valence-electron chi connectivity index (χ2n) is 7.47. The first kappa shape index (κ1) is 22.6. The van der Waals surface area contributed by atoms with Gasteiger partial charge in [-0.15, -0.1) is 5.01 Å². The topological polar surface area (TPSA) is 98.4 Å². The van der Waals surface area contributed by atoms with E-state index in [1.807, 2.05) is 43.3 Å². The Balaban J connectivity index is 1.68. The molecule has 0 N–H and O–H groups in total. The number of thioether (sulfide) groups is 1. The summed E-state index contributed by atoms with van der Waals surface area (Å²) in [7, 11) is 1.22. The zero-order valence-corrected chi connectivity index (χ0v) is 19.3. The number of carbonyl (C=O) groups is 2. The lowest BCUT2D eigenvalue weighted by molar-refractivity contribution is 0.137. The van der Waals surface area contributed by atoms with Gasteiger partial charge in [0.05, 0.1) is 24.5 Å². The molecule has 0 spiro atoms. The van der Waals surface area contributed by atoms with Crippen LogP contribution in [0, 0.1) is 11.3 Å². The number of nitrogens with zero attached hydrogens (tertiary/aromatic N) is 5. The fourth-order valence-corrected chi connectivity index (χ4v) is 4.62. The van der Waals surface area contributed by atoms with Crippen LogP contribution >= 0.6 is 11.8 Å². The molecule has 33 heavy (non-hydrogen) atoms. The Hall–Kier alpha value is -3.64. The van der Waals surface area contributed by atoms with Crippen molar-refractivity contribution in [2.24, 2.45) is 10.1 Å². The lowest BCUT2D eigenvalue weighted by atomic mass is 9.97. The molecule has 8 nitrogen and oxygen atoms in total. The molecular formula is C24H23N5O3S. The van der Waals surface area contributed by atoms with E-state index in [9.17, 15) is 9.59 Å². The molecule has 0 bridgehead atoms. The Morgan fingerprint density at radius 1 is 1.27 bits per heavy atom. The van der Waals surface area contributed by atoms with Crippen LogP contribution < -0.4 is 4.90 Å². The zero-order valence-electron chi connectivity index (χ0n) is 18.4. The molecule has 2 heterocycles. The van der Waals surface area contributed by atoms with E-state index in [-0.39, 0.29) is 0 Å². The van der Waals surface area contributed by atoms with E-state index in [0.29, 0.717) is 23.6 Å². The van der Waals surface area contributed by atoms with E-state index in [2.05, 4.69) is 26.9 Å². The van der Waals surface area contributed by atoms with Gasteiger partial charge in [0.25, 0.3) is 0 Å². The quantitative estimate of drug-likeness (QED) is 0.496. The second-order valence-corrected chi connectivity index (χ2v) is 8.40. The lowest BCUT2D eigenvalue weighted by Gasteiger charge is -2.33. The first-order valence-electron chi connectivity index (χ1n) is 10.6. The molecule has 2 aromatic carbocycles.